The molecule has 0 aromatic heterocycles. The standard InChI is InChI=1S/C24H22O4/c1-17-7-6-8-19(13-17)16-28-23-15-18(11-12-22(23)27-2)14-21(24(25)26)20-9-4-3-5-10-20/h3-15H,16H2,1-2H3,(H,25,26)/b21-14-. The van der Waals surface area contributed by atoms with Crippen LogP contribution >= 0.6 is 0 Å². The molecule has 0 fully saturated rings. The van der Waals surface area contributed by atoms with E-state index in [1.807, 2.05) is 49.4 Å². The zero-order valence-electron chi connectivity index (χ0n) is 15.9. The van der Waals surface area contributed by atoms with Crippen molar-refractivity contribution < 1.29 is 19.4 Å². The molecule has 0 atom stereocenters. The molecular weight excluding hydrogens is 352 g/mol. The fourth-order valence-electron chi connectivity index (χ4n) is 2.91. The van der Waals surface area contributed by atoms with Gasteiger partial charge in [0.1, 0.15) is 6.61 Å². The van der Waals surface area contributed by atoms with Gasteiger partial charge >= 0.3 is 5.97 Å². The first kappa shape index (κ1) is 19.2. The number of hydrogen-bond acceptors (Lipinski definition) is 3. The van der Waals surface area contributed by atoms with E-state index in [0.29, 0.717) is 23.7 Å². The van der Waals surface area contributed by atoms with E-state index >= 15 is 0 Å². The minimum absolute atomic E-state index is 0.218. The number of hydrogen-bond donors (Lipinski definition) is 1. The first-order valence-corrected chi connectivity index (χ1v) is 8.93. The molecule has 0 saturated carbocycles. The van der Waals surface area contributed by atoms with Gasteiger partial charge in [0.25, 0.3) is 0 Å². The van der Waals surface area contributed by atoms with E-state index in [0.717, 1.165) is 11.1 Å². The number of aryl methyl sites for hydroxylation is 1. The number of carbonyl (C=O) groups is 1. The van der Waals surface area contributed by atoms with Crippen LogP contribution in [-0.4, -0.2) is 18.2 Å². The van der Waals surface area contributed by atoms with Crippen LogP contribution < -0.4 is 9.47 Å². The maximum absolute atomic E-state index is 11.7. The average molecular weight is 374 g/mol. The summed E-state index contributed by atoms with van der Waals surface area (Å²) in [5, 5.41) is 9.61. The van der Waals surface area contributed by atoms with Gasteiger partial charge in [-0.15, -0.1) is 0 Å². The lowest BCUT2D eigenvalue weighted by atomic mass is 10.0. The Morgan fingerprint density at radius 3 is 2.43 bits per heavy atom. The molecule has 0 saturated heterocycles. The highest BCUT2D eigenvalue weighted by molar-refractivity contribution is 6.20. The van der Waals surface area contributed by atoms with Gasteiger partial charge in [0, 0.05) is 0 Å². The van der Waals surface area contributed by atoms with Crippen molar-refractivity contribution in [1.82, 2.24) is 0 Å². The molecule has 4 nitrogen and oxygen atoms in total. The Labute approximate surface area is 164 Å². The van der Waals surface area contributed by atoms with Crippen molar-refractivity contribution in [3.8, 4) is 11.5 Å². The Morgan fingerprint density at radius 2 is 1.75 bits per heavy atom. The number of carboxylic acids is 1. The third-order valence-electron chi connectivity index (χ3n) is 4.29. The second-order valence-electron chi connectivity index (χ2n) is 6.42. The Hall–Kier alpha value is -3.53. The lowest BCUT2D eigenvalue weighted by Gasteiger charge is -2.12. The van der Waals surface area contributed by atoms with E-state index in [1.54, 1.807) is 37.5 Å². The van der Waals surface area contributed by atoms with Crippen molar-refractivity contribution in [2.75, 3.05) is 7.11 Å². The Kier molecular flexibility index (Phi) is 6.12. The maximum atomic E-state index is 11.7. The summed E-state index contributed by atoms with van der Waals surface area (Å²) in [6.07, 6.45) is 1.64. The lowest BCUT2D eigenvalue weighted by Crippen LogP contribution is -2.00. The Bertz CT molecular complexity index is 990. The van der Waals surface area contributed by atoms with Crippen LogP contribution in [0.2, 0.25) is 0 Å². The van der Waals surface area contributed by atoms with Crippen molar-refractivity contribution in [3.05, 3.63) is 95.1 Å². The van der Waals surface area contributed by atoms with Crippen LogP contribution in [0.3, 0.4) is 0 Å². The van der Waals surface area contributed by atoms with E-state index in [2.05, 4.69) is 6.07 Å². The van der Waals surface area contributed by atoms with Gasteiger partial charge in [0.2, 0.25) is 0 Å². The largest absolute Gasteiger partial charge is 0.493 e. The number of methoxy groups -OCH3 is 1. The van der Waals surface area contributed by atoms with Gasteiger partial charge in [-0.1, -0.05) is 66.2 Å². The fraction of sp³-hybridized carbons (Fsp3) is 0.125. The lowest BCUT2D eigenvalue weighted by molar-refractivity contribution is -0.130. The Balaban J connectivity index is 1.90. The molecule has 1 N–H and O–H groups in total. The van der Waals surface area contributed by atoms with Crippen LogP contribution in [0, 0.1) is 6.92 Å². The molecule has 0 unspecified atom stereocenters. The second-order valence-corrected chi connectivity index (χ2v) is 6.42. The van der Waals surface area contributed by atoms with Gasteiger partial charge in [0.15, 0.2) is 11.5 Å². The highest BCUT2D eigenvalue weighted by Gasteiger charge is 2.12. The molecule has 0 aliphatic rings. The third-order valence-corrected chi connectivity index (χ3v) is 4.29. The fourth-order valence-corrected chi connectivity index (χ4v) is 2.91. The van der Waals surface area contributed by atoms with Crippen LogP contribution in [0.25, 0.3) is 11.6 Å². The first-order valence-electron chi connectivity index (χ1n) is 8.93. The summed E-state index contributed by atoms with van der Waals surface area (Å²) < 4.78 is 11.3. The topological polar surface area (TPSA) is 55.8 Å². The highest BCUT2D eigenvalue weighted by atomic mass is 16.5. The molecule has 28 heavy (non-hydrogen) atoms. The summed E-state index contributed by atoms with van der Waals surface area (Å²) in [6, 6.07) is 22.5. The number of benzene rings is 3. The molecule has 142 valence electrons. The molecule has 3 aromatic carbocycles. The van der Waals surface area contributed by atoms with Gasteiger partial charge in [-0.25, -0.2) is 4.79 Å². The van der Waals surface area contributed by atoms with E-state index in [-0.39, 0.29) is 5.57 Å². The molecule has 3 rings (SSSR count). The summed E-state index contributed by atoms with van der Waals surface area (Å²) in [5.41, 5.74) is 3.81. The summed E-state index contributed by atoms with van der Waals surface area (Å²) in [5.74, 6) is 0.182. The Morgan fingerprint density at radius 1 is 0.964 bits per heavy atom. The highest BCUT2D eigenvalue weighted by Crippen LogP contribution is 2.30. The van der Waals surface area contributed by atoms with Crippen molar-refractivity contribution in [2.24, 2.45) is 0 Å². The number of rotatable bonds is 7. The van der Waals surface area contributed by atoms with Gasteiger partial charge in [-0.05, 0) is 41.8 Å². The number of aliphatic carboxylic acids is 1. The normalized spacial score (nSPS) is 11.1. The molecule has 0 radical (unpaired) electrons. The zero-order chi connectivity index (χ0) is 19.9. The molecule has 0 amide bonds. The maximum Gasteiger partial charge on any atom is 0.336 e. The molecule has 0 aliphatic heterocycles. The monoisotopic (exact) mass is 374 g/mol. The van der Waals surface area contributed by atoms with Crippen molar-refractivity contribution in [2.45, 2.75) is 13.5 Å². The molecule has 0 aliphatic carbocycles. The first-order chi connectivity index (χ1) is 13.6. The summed E-state index contributed by atoms with van der Waals surface area (Å²) in [7, 11) is 1.58. The third kappa shape index (κ3) is 4.80. The van der Waals surface area contributed by atoms with E-state index in [9.17, 15) is 9.90 Å². The quantitative estimate of drug-likeness (QED) is 0.456. The molecule has 3 aromatic rings. The van der Waals surface area contributed by atoms with Crippen molar-refractivity contribution in [1.29, 1.82) is 0 Å². The van der Waals surface area contributed by atoms with Crippen LogP contribution in [-0.2, 0) is 11.4 Å². The van der Waals surface area contributed by atoms with Gasteiger partial charge in [-0.2, -0.15) is 0 Å². The van der Waals surface area contributed by atoms with Crippen LogP contribution in [0.5, 0.6) is 11.5 Å². The number of ether oxygens (including phenoxy) is 2. The van der Waals surface area contributed by atoms with Crippen molar-refractivity contribution >= 4 is 17.6 Å². The molecule has 0 bridgehead atoms. The summed E-state index contributed by atoms with van der Waals surface area (Å²) in [6.45, 7) is 2.43. The van der Waals surface area contributed by atoms with E-state index in [1.165, 1.54) is 5.56 Å². The predicted molar refractivity (Wildman–Crippen MR) is 110 cm³/mol. The minimum Gasteiger partial charge on any atom is -0.493 e. The van der Waals surface area contributed by atoms with Crippen LogP contribution in [0.1, 0.15) is 22.3 Å². The van der Waals surface area contributed by atoms with Gasteiger partial charge in [-0.3, -0.25) is 0 Å². The summed E-state index contributed by atoms with van der Waals surface area (Å²) in [4.78, 5) is 11.7. The summed E-state index contributed by atoms with van der Waals surface area (Å²) >= 11 is 0. The number of carboxylic acid groups (broad SMARTS) is 1. The average Bonchev–Trinajstić information content (AvgIpc) is 2.71. The molecule has 0 spiro atoms. The van der Waals surface area contributed by atoms with Gasteiger partial charge < -0.3 is 14.6 Å². The van der Waals surface area contributed by atoms with Crippen LogP contribution in [0.4, 0.5) is 0 Å². The minimum atomic E-state index is -0.982. The van der Waals surface area contributed by atoms with E-state index in [4.69, 9.17) is 9.47 Å². The second kappa shape index (κ2) is 8.91. The van der Waals surface area contributed by atoms with Gasteiger partial charge in [0.05, 0.1) is 12.7 Å². The van der Waals surface area contributed by atoms with Crippen molar-refractivity contribution in [3.63, 3.8) is 0 Å². The molecule has 0 heterocycles. The van der Waals surface area contributed by atoms with E-state index < -0.39 is 5.97 Å². The molecular formula is C24H22O4. The van der Waals surface area contributed by atoms with Crippen LogP contribution in [0.15, 0.2) is 72.8 Å². The smallest absolute Gasteiger partial charge is 0.336 e. The SMILES string of the molecule is COc1ccc(/C=C(\C(=O)O)c2ccccc2)cc1OCc1cccc(C)c1. The molecule has 4 heteroatoms. The zero-order valence-corrected chi connectivity index (χ0v) is 15.9. The predicted octanol–water partition coefficient (Wildman–Crippen LogP) is 5.21.